The minimum atomic E-state index is -0.240. The molecule has 0 aliphatic heterocycles. The molecule has 0 aliphatic rings. The predicted molar refractivity (Wildman–Crippen MR) is 68.0 cm³/mol. The van der Waals surface area contributed by atoms with Gasteiger partial charge in [-0.05, 0) is 38.1 Å². The van der Waals surface area contributed by atoms with Crippen LogP contribution in [-0.2, 0) is 9.53 Å². The van der Waals surface area contributed by atoms with Gasteiger partial charge in [0.25, 0.3) is 0 Å². The van der Waals surface area contributed by atoms with Gasteiger partial charge in [0.1, 0.15) is 6.10 Å². The van der Waals surface area contributed by atoms with Crippen LogP contribution >= 0.6 is 23.4 Å². The van der Waals surface area contributed by atoms with Gasteiger partial charge in [-0.2, -0.15) is 0 Å². The summed E-state index contributed by atoms with van der Waals surface area (Å²) in [6, 6.07) is 7.63. The second-order valence-corrected chi connectivity index (χ2v) is 5.48. The number of rotatable bonds is 4. The van der Waals surface area contributed by atoms with E-state index in [9.17, 15) is 4.79 Å². The summed E-state index contributed by atoms with van der Waals surface area (Å²) >= 11 is 7.47. The molecule has 0 saturated heterocycles. The van der Waals surface area contributed by atoms with Crippen molar-refractivity contribution in [3.05, 3.63) is 29.3 Å². The van der Waals surface area contributed by atoms with Crippen LogP contribution in [0.25, 0.3) is 0 Å². The Bertz CT molecular complexity index is 351. The van der Waals surface area contributed by atoms with Crippen LogP contribution in [0.4, 0.5) is 0 Å². The first-order valence-electron chi connectivity index (χ1n) is 5.08. The quantitative estimate of drug-likeness (QED) is 0.607. The number of halogens is 1. The van der Waals surface area contributed by atoms with E-state index in [0.29, 0.717) is 0 Å². The van der Waals surface area contributed by atoms with Gasteiger partial charge in [-0.15, -0.1) is 11.8 Å². The molecular weight excluding hydrogens is 244 g/mol. The van der Waals surface area contributed by atoms with Gasteiger partial charge in [0.05, 0.1) is 0 Å². The highest BCUT2D eigenvalue weighted by molar-refractivity contribution is 8.00. The van der Waals surface area contributed by atoms with Crippen molar-refractivity contribution in [3.63, 3.8) is 0 Å². The van der Waals surface area contributed by atoms with Crippen molar-refractivity contribution in [2.45, 2.75) is 37.0 Å². The van der Waals surface area contributed by atoms with Crippen LogP contribution in [-0.4, -0.2) is 17.3 Å². The van der Waals surface area contributed by atoms with E-state index < -0.39 is 0 Å². The van der Waals surface area contributed by atoms with Crippen LogP contribution in [0, 0.1) is 0 Å². The third-order valence-electron chi connectivity index (χ3n) is 2.15. The maximum Gasteiger partial charge on any atom is 0.302 e. The molecule has 0 aromatic heterocycles. The van der Waals surface area contributed by atoms with E-state index >= 15 is 0 Å². The summed E-state index contributed by atoms with van der Waals surface area (Å²) in [6.07, 6.45) is -0.0989. The molecule has 1 aromatic rings. The smallest absolute Gasteiger partial charge is 0.302 e. The van der Waals surface area contributed by atoms with E-state index in [2.05, 4.69) is 0 Å². The molecule has 0 saturated carbocycles. The Balaban J connectivity index is 2.53. The van der Waals surface area contributed by atoms with Crippen molar-refractivity contribution in [3.8, 4) is 0 Å². The Morgan fingerprint density at radius 2 is 1.88 bits per heavy atom. The van der Waals surface area contributed by atoms with Crippen molar-refractivity contribution >= 4 is 29.3 Å². The first-order chi connectivity index (χ1) is 7.49. The van der Waals surface area contributed by atoms with Gasteiger partial charge in [-0.3, -0.25) is 4.79 Å². The zero-order chi connectivity index (χ0) is 12.1. The molecule has 4 heteroatoms. The van der Waals surface area contributed by atoms with Crippen LogP contribution < -0.4 is 0 Å². The van der Waals surface area contributed by atoms with E-state index in [-0.39, 0.29) is 17.3 Å². The second kappa shape index (κ2) is 6.16. The fourth-order valence-electron chi connectivity index (χ4n) is 1.18. The summed E-state index contributed by atoms with van der Waals surface area (Å²) in [5.74, 6) is -0.240. The van der Waals surface area contributed by atoms with Gasteiger partial charge >= 0.3 is 5.97 Å². The average Bonchev–Trinajstić information content (AvgIpc) is 2.20. The largest absolute Gasteiger partial charge is 0.462 e. The standard InChI is InChI=1S/C12H15ClO2S/c1-8(15-10(3)14)9(2)16-12-6-4-11(13)5-7-12/h4-9H,1-3H3. The van der Waals surface area contributed by atoms with Gasteiger partial charge in [0, 0.05) is 22.1 Å². The number of ether oxygens (including phenoxy) is 1. The summed E-state index contributed by atoms with van der Waals surface area (Å²) in [6.45, 7) is 5.36. The molecule has 2 unspecified atom stereocenters. The maximum absolute atomic E-state index is 10.8. The number of thioether (sulfide) groups is 1. The number of esters is 1. The number of benzene rings is 1. The van der Waals surface area contributed by atoms with Crippen molar-refractivity contribution in [1.82, 2.24) is 0 Å². The van der Waals surface area contributed by atoms with Crippen LogP contribution in [0.3, 0.4) is 0 Å². The minimum absolute atomic E-state index is 0.0989. The molecule has 0 amide bonds. The molecule has 1 rings (SSSR count). The van der Waals surface area contributed by atoms with Crippen LogP contribution in [0.5, 0.6) is 0 Å². The normalized spacial score (nSPS) is 14.2. The monoisotopic (exact) mass is 258 g/mol. The van der Waals surface area contributed by atoms with Crippen LogP contribution in [0.1, 0.15) is 20.8 Å². The molecule has 2 atom stereocenters. The highest BCUT2D eigenvalue weighted by atomic mass is 35.5. The summed E-state index contributed by atoms with van der Waals surface area (Å²) in [7, 11) is 0. The van der Waals surface area contributed by atoms with E-state index in [1.807, 2.05) is 38.1 Å². The lowest BCUT2D eigenvalue weighted by molar-refractivity contribution is -0.145. The molecule has 88 valence electrons. The lowest BCUT2D eigenvalue weighted by Gasteiger charge is -2.19. The fourth-order valence-corrected chi connectivity index (χ4v) is 2.28. The fraction of sp³-hybridized carbons (Fsp3) is 0.417. The van der Waals surface area contributed by atoms with Gasteiger partial charge in [0.2, 0.25) is 0 Å². The number of hydrogen-bond donors (Lipinski definition) is 0. The molecule has 0 spiro atoms. The number of hydrogen-bond acceptors (Lipinski definition) is 3. The SMILES string of the molecule is CC(=O)OC(C)C(C)Sc1ccc(Cl)cc1. The second-order valence-electron chi connectivity index (χ2n) is 3.59. The Labute approximate surface area is 105 Å². The van der Waals surface area contributed by atoms with Crippen LogP contribution in [0.2, 0.25) is 5.02 Å². The zero-order valence-electron chi connectivity index (χ0n) is 9.57. The molecule has 0 radical (unpaired) electrons. The average molecular weight is 259 g/mol. The highest BCUT2D eigenvalue weighted by Crippen LogP contribution is 2.27. The highest BCUT2D eigenvalue weighted by Gasteiger charge is 2.15. The van der Waals surface area contributed by atoms with Gasteiger partial charge < -0.3 is 4.74 Å². The third kappa shape index (κ3) is 4.45. The summed E-state index contributed by atoms with van der Waals surface area (Å²) in [4.78, 5) is 11.9. The van der Waals surface area contributed by atoms with Crippen molar-refractivity contribution in [2.75, 3.05) is 0 Å². The Morgan fingerprint density at radius 1 is 1.31 bits per heavy atom. The van der Waals surface area contributed by atoms with Crippen LogP contribution in [0.15, 0.2) is 29.2 Å². The molecular formula is C12H15ClO2S. The zero-order valence-corrected chi connectivity index (χ0v) is 11.1. The molecule has 0 bridgehead atoms. The first-order valence-corrected chi connectivity index (χ1v) is 6.34. The van der Waals surface area contributed by atoms with Crippen molar-refractivity contribution in [2.24, 2.45) is 0 Å². The van der Waals surface area contributed by atoms with Gasteiger partial charge in [-0.25, -0.2) is 0 Å². The topological polar surface area (TPSA) is 26.3 Å². The molecule has 16 heavy (non-hydrogen) atoms. The Kier molecular flexibility index (Phi) is 5.16. The number of carbonyl (C=O) groups is 1. The lowest BCUT2D eigenvalue weighted by Crippen LogP contribution is -2.22. The Hall–Kier alpha value is -0.670. The molecule has 0 aliphatic carbocycles. The molecule has 0 fully saturated rings. The third-order valence-corrected chi connectivity index (χ3v) is 3.70. The minimum Gasteiger partial charge on any atom is -0.462 e. The molecule has 0 N–H and O–H groups in total. The molecule has 2 nitrogen and oxygen atoms in total. The summed E-state index contributed by atoms with van der Waals surface area (Å²) in [5.41, 5.74) is 0. The van der Waals surface area contributed by atoms with E-state index in [0.717, 1.165) is 9.92 Å². The van der Waals surface area contributed by atoms with E-state index in [4.69, 9.17) is 16.3 Å². The predicted octanol–water partition coefficient (Wildman–Crippen LogP) is 3.77. The molecule has 0 heterocycles. The number of carbonyl (C=O) groups excluding carboxylic acids is 1. The van der Waals surface area contributed by atoms with Crippen molar-refractivity contribution < 1.29 is 9.53 Å². The van der Waals surface area contributed by atoms with Crippen molar-refractivity contribution in [1.29, 1.82) is 0 Å². The first kappa shape index (κ1) is 13.4. The summed E-state index contributed by atoms with van der Waals surface area (Å²) in [5, 5.41) is 0.940. The lowest BCUT2D eigenvalue weighted by atomic mass is 10.3. The maximum atomic E-state index is 10.8. The Morgan fingerprint density at radius 3 is 2.38 bits per heavy atom. The van der Waals surface area contributed by atoms with Gasteiger partial charge in [0.15, 0.2) is 0 Å². The van der Waals surface area contributed by atoms with Gasteiger partial charge in [-0.1, -0.05) is 11.6 Å². The molecule has 1 aromatic carbocycles. The van der Waals surface area contributed by atoms with E-state index in [1.165, 1.54) is 6.92 Å². The van der Waals surface area contributed by atoms with E-state index in [1.54, 1.807) is 11.8 Å². The summed E-state index contributed by atoms with van der Waals surface area (Å²) < 4.78 is 5.12.